The summed E-state index contributed by atoms with van der Waals surface area (Å²) >= 11 is 6.83. The monoisotopic (exact) mass is 342 g/mol. The van der Waals surface area contributed by atoms with Crippen molar-refractivity contribution in [1.29, 1.82) is 0 Å². The third-order valence-electron chi connectivity index (χ3n) is 1.91. The van der Waals surface area contributed by atoms with E-state index in [4.69, 9.17) is 5.73 Å². The Bertz CT molecular complexity index is 516. The van der Waals surface area contributed by atoms with Crippen molar-refractivity contribution in [2.75, 3.05) is 11.1 Å². The summed E-state index contributed by atoms with van der Waals surface area (Å²) < 4.78 is 1.92. The van der Waals surface area contributed by atoms with E-state index in [2.05, 4.69) is 47.1 Å². The van der Waals surface area contributed by atoms with E-state index in [1.54, 1.807) is 12.4 Å². The zero-order chi connectivity index (χ0) is 11.5. The Kier molecular flexibility index (Phi) is 3.40. The van der Waals surface area contributed by atoms with Crippen LogP contribution < -0.4 is 11.1 Å². The van der Waals surface area contributed by atoms with E-state index in [9.17, 15) is 0 Å². The largest absolute Gasteiger partial charge is 0.381 e. The summed E-state index contributed by atoms with van der Waals surface area (Å²) in [6.45, 7) is 0. The van der Waals surface area contributed by atoms with Crippen LogP contribution in [0.2, 0.25) is 0 Å². The summed E-state index contributed by atoms with van der Waals surface area (Å²) in [5, 5.41) is 3.10. The fourth-order valence-corrected chi connectivity index (χ4v) is 2.31. The molecule has 4 nitrogen and oxygen atoms in total. The van der Waals surface area contributed by atoms with Crippen molar-refractivity contribution in [3.63, 3.8) is 0 Å². The number of aromatic nitrogens is 2. The maximum Gasteiger partial charge on any atom is 0.173 e. The molecular weight excluding hydrogens is 336 g/mol. The molecule has 0 atom stereocenters. The maximum atomic E-state index is 5.69. The second-order valence-corrected chi connectivity index (χ2v) is 4.81. The molecule has 2 rings (SSSR count). The van der Waals surface area contributed by atoms with Crippen LogP contribution in [0.4, 0.5) is 17.3 Å². The third-order valence-corrected chi connectivity index (χ3v) is 3.06. The van der Waals surface area contributed by atoms with E-state index in [-0.39, 0.29) is 0 Å². The van der Waals surface area contributed by atoms with Gasteiger partial charge in [-0.1, -0.05) is 15.9 Å². The summed E-state index contributed by atoms with van der Waals surface area (Å²) in [6.07, 6.45) is 3.14. The average molecular weight is 344 g/mol. The quantitative estimate of drug-likeness (QED) is 0.877. The topological polar surface area (TPSA) is 63.8 Å². The van der Waals surface area contributed by atoms with Crippen LogP contribution in [0.1, 0.15) is 0 Å². The van der Waals surface area contributed by atoms with Gasteiger partial charge in [-0.25, -0.2) is 9.97 Å². The third kappa shape index (κ3) is 2.51. The van der Waals surface area contributed by atoms with Crippen LogP contribution in [-0.2, 0) is 0 Å². The van der Waals surface area contributed by atoms with Crippen molar-refractivity contribution in [3.8, 4) is 0 Å². The second-order valence-electron chi connectivity index (χ2n) is 3.04. The minimum Gasteiger partial charge on any atom is -0.381 e. The summed E-state index contributed by atoms with van der Waals surface area (Å²) in [6, 6.07) is 5.79. The number of nitrogen functional groups attached to an aromatic ring is 1. The Morgan fingerprint density at radius 3 is 2.56 bits per heavy atom. The highest BCUT2D eigenvalue weighted by Gasteiger charge is 2.04. The summed E-state index contributed by atoms with van der Waals surface area (Å²) in [7, 11) is 0. The summed E-state index contributed by atoms with van der Waals surface area (Å²) in [4.78, 5) is 8.06. The van der Waals surface area contributed by atoms with Crippen molar-refractivity contribution < 1.29 is 0 Å². The highest BCUT2D eigenvalue weighted by Crippen LogP contribution is 2.29. The van der Waals surface area contributed by atoms with Gasteiger partial charge >= 0.3 is 0 Å². The van der Waals surface area contributed by atoms with E-state index < -0.39 is 0 Å². The number of rotatable bonds is 2. The Balaban J connectivity index is 2.31. The summed E-state index contributed by atoms with van der Waals surface area (Å²) in [5.41, 5.74) is 6.57. The molecule has 0 fully saturated rings. The lowest BCUT2D eigenvalue weighted by Gasteiger charge is -2.09. The van der Waals surface area contributed by atoms with Crippen molar-refractivity contribution in [1.82, 2.24) is 9.97 Å². The predicted molar refractivity (Wildman–Crippen MR) is 71.6 cm³/mol. The van der Waals surface area contributed by atoms with Crippen LogP contribution in [-0.4, -0.2) is 9.97 Å². The van der Waals surface area contributed by atoms with Gasteiger partial charge in [0, 0.05) is 21.3 Å². The molecule has 0 aliphatic carbocycles. The number of hydrogen-bond donors (Lipinski definition) is 2. The van der Waals surface area contributed by atoms with Crippen LogP contribution in [0.15, 0.2) is 39.5 Å². The minimum atomic E-state index is 0.373. The van der Waals surface area contributed by atoms with Crippen LogP contribution in [0.25, 0.3) is 0 Å². The molecule has 0 radical (unpaired) electrons. The highest BCUT2D eigenvalue weighted by atomic mass is 79.9. The van der Waals surface area contributed by atoms with Gasteiger partial charge in [-0.05, 0) is 34.1 Å². The molecule has 6 heteroatoms. The molecule has 82 valence electrons. The molecule has 0 unspecified atom stereocenters. The molecule has 0 saturated carbocycles. The lowest BCUT2D eigenvalue weighted by Crippen LogP contribution is -2.01. The zero-order valence-corrected chi connectivity index (χ0v) is 11.3. The molecular formula is C10H8Br2N4. The molecule has 3 N–H and O–H groups in total. The van der Waals surface area contributed by atoms with Crippen molar-refractivity contribution in [3.05, 3.63) is 39.5 Å². The number of anilines is 3. The van der Waals surface area contributed by atoms with Crippen molar-refractivity contribution in [2.24, 2.45) is 0 Å². The Morgan fingerprint density at radius 1 is 1.12 bits per heavy atom. The Morgan fingerprint density at radius 2 is 1.88 bits per heavy atom. The maximum absolute atomic E-state index is 5.69. The molecule has 0 spiro atoms. The Hall–Kier alpha value is -1.14. The first-order valence-electron chi connectivity index (χ1n) is 4.45. The first kappa shape index (κ1) is 11.3. The van der Waals surface area contributed by atoms with E-state index in [1.165, 1.54) is 0 Å². The van der Waals surface area contributed by atoms with E-state index >= 15 is 0 Å². The van der Waals surface area contributed by atoms with Crippen molar-refractivity contribution in [2.45, 2.75) is 0 Å². The molecule has 1 heterocycles. The number of halogens is 2. The fourth-order valence-electron chi connectivity index (χ4n) is 1.16. The summed E-state index contributed by atoms with van der Waals surface area (Å²) in [5.74, 6) is 0.919. The van der Waals surface area contributed by atoms with Gasteiger partial charge in [-0.3, -0.25) is 0 Å². The van der Waals surface area contributed by atoms with E-state index in [0.29, 0.717) is 11.6 Å². The van der Waals surface area contributed by atoms with Crippen LogP contribution >= 0.6 is 31.9 Å². The number of nitrogens with one attached hydrogen (secondary N) is 1. The van der Waals surface area contributed by atoms with Crippen molar-refractivity contribution >= 4 is 49.2 Å². The Labute approximate surface area is 110 Å². The fraction of sp³-hybridized carbons (Fsp3) is 0. The van der Waals surface area contributed by atoms with Gasteiger partial charge in [0.15, 0.2) is 11.6 Å². The average Bonchev–Trinajstić information content (AvgIpc) is 2.25. The number of nitrogens with two attached hydrogens (primary N) is 1. The highest BCUT2D eigenvalue weighted by molar-refractivity contribution is 9.11. The van der Waals surface area contributed by atoms with E-state index in [1.807, 2.05) is 18.2 Å². The molecule has 0 aliphatic heterocycles. The molecule has 0 amide bonds. The normalized spacial score (nSPS) is 10.1. The standard InChI is InChI=1S/C10H8Br2N4/c11-6-1-2-8(7(12)5-6)16-10-9(13)14-3-4-15-10/h1-5H,(H2,13,14)(H,15,16). The lowest BCUT2D eigenvalue weighted by atomic mass is 10.3. The van der Waals surface area contributed by atoms with Gasteiger partial charge in [0.1, 0.15) is 0 Å². The lowest BCUT2D eigenvalue weighted by molar-refractivity contribution is 1.21. The number of nitrogens with zero attached hydrogens (tertiary/aromatic N) is 2. The molecule has 0 aliphatic rings. The minimum absolute atomic E-state index is 0.373. The second kappa shape index (κ2) is 4.80. The zero-order valence-electron chi connectivity index (χ0n) is 8.11. The molecule has 1 aromatic carbocycles. The van der Waals surface area contributed by atoms with Gasteiger partial charge in [0.25, 0.3) is 0 Å². The first-order valence-corrected chi connectivity index (χ1v) is 6.04. The smallest absolute Gasteiger partial charge is 0.173 e. The van der Waals surface area contributed by atoms with Gasteiger partial charge in [-0.15, -0.1) is 0 Å². The molecule has 2 aromatic rings. The first-order chi connectivity index (χ1) is 7.66. The molecule has 0 saturated heterocycles. The van der Waals surface area contributed by atoms with Crippen LogP contribution in [0.3, 0.4) is 0 Å². The molecule has 0 bridgehead atoms. The van der Waals surface area contributed by atoms with Gasteiger partial charge < -0.3 is 11.1 Å². The van der Waals surface area contributed by atoms with Gasteiger partial charge in [-0.2, -0.15) is 0 Å². The van der Waals surface area contributed by atoms with Crippen LogP contribution in [0.5, 0.6) is 0 Å². The van der Waals surface area contributed by atoms with Crippen LogP contribution in [0, 0.1) is 0 Å². The molecule has 1 aromatic heterocycles. The predicted octanol–water partition coefficient (Wildman–Crippen LogP) is 3.33. The SMILES string of the molecule is Nc1nccnc1Nc1ccc(Br)cc1Br. The number of hydrogen-bond acceptors (Lipinski definition) is 4. The van der Waals surface area contributed by atoms with Gasteiger partial charge in [0.05, 0.1) is 5.69 Å². The van der Waals surface area contributed by atoms with E-state index in [0.717, 1.165) is 14.6 Å². The number of benzene rings is 1. The van der Waals surface area contributed by atoms with Gasteiger partial charge in [0.2, 0.25) is 0 Å². The molecule has 16 heavy (non-hydrogen) atoms.